The summed E-state index contributed by atoms with van der Waals surface area (Å²) in [5.74, 6) is 0.946. The van der Waals surface area contributed by atoms with Gasteiger partial charge in [-0.1, -0.05) is 18.5 Å². The molecule has 0 spiro atoms. The van der Waals surface area contributed by atoms with Crippen LogP contribution in [0.4, 0.5) is 0 Å². The van der Waals surface area contributed by atoms with Gasteiger partial charge in [-0.05, 0) is 56.4 Å². The maximum Gasteiger partial charge on any atom is 0.122 e. The summed E-state index contributed by atoms with van der Waals surface area (Å²) in [4.78, 5) is 0. The van der Waals surface area contributed by atoms with Crippen LogP contribution < -0.4 is 10.5 Å². The number of ether oxygens (including phenoxy) is 1. The maximum atomic E-state index is 6.01. The first-order chi connectivity index (χ1) is 8.17. The summed E-state index contributed by atoms with van der Waals surface area (Å²) < 4.78 is 5.59. The highest BCUT2D eigenvalue weighted by molar-refractivity contribution is 6.30. The monoisotopic (exact) mass is 255 g/mol. The normalized spacial score (nSPS) is 12.5. The predicted molar refractivity (Wildman–Crippen MR) is 73.8 cm³/mol. The summed E-state index contributed by atoms with van der Waals surface area (Å²) in [5.41, 5.74) is 7.09. The van der Waals surface area contributed by atoms with Crippen LogP contribution in [0.1, 0.15) is 38.7 Å². The van der Waals surface area contributed by atoms with Gasteiger partial charge in [0, 0.05) is 11.1 Å². The van der Waals surface area contributed by atoms with Crippen LogP contribution in [0.3, 0.4) is 0 Å². The highest BCUT2D eigenvalue weighted by atomic mass is 35.5. The summed E-state index contributed by atoms with van der Waals surface area (Å²) in [6.45, 7) is 4.80. The third-order valence-electron chi connectivity index (χ3n) is 2.87. The molecule has 0 heterocycles. The van der Waals surface area contributed by atoms with E-state index in [-0.39, 0.29) is 0 Å². The molecule has 2 nitrogen and oxygen atoms in total. The molecule has 0 bridgehead atoms. The van der Waals surface area contributed by atoms with Crippen molar-refractivity contribution in [3.63, 3.8) is 0 Å². The first kappa shape index (κ1) is 14.3. The van der Waals surface area contributed by atoms with E-state index in [1.165, 1.54) is 5.56 Å². The lowest BCUT2D eigenvalue weighted by Crippen LogP contribution is -2.18. The number of hydrogen-bond donors (Lipinski definition) is 1. The standard InChI is InChI=1S/C14H22ClNO/c1-3-13(16)7-5-6-11-10-12(15)8-9-14(11)17-4-2/h8-10,13H,3-7,16H2,1-2H3. The van der Waals surface area contributed by atoms with Crippen LogP contribution in [0.15, 0.2) is 18.2 Å². The molecule has 1 unspecified atom stereocenters. The summed E-state index contributed by atoms with van der Waals surface area (Å²) in [6.07, 6.45) is 4.14. The zero-order chi connectivity index (χ0) is 12.7. The lowest BCUT2D eigenvalue weighted by molar-refractivity contribution is 0.336. The Labute approximate surface area is 109 Å². The van der Waals surface area contributed by atoms with Crippen molar-refractivity contribution in [2.24, 2.45) is 5.73 Å². The number of aryl methyl sites for hydroxylation is 1. The molecular formula is C14H22ClNO. The molecular weight excluding hydrogens is 234 g/mol. The van der Waals surface area contributed by atoms with Crippen molar-refractivity contribution in [3.8, 4) is 5.75 Å². The van der Waals surface area contributed by atoms with Crippen LogP contribution in [-0.2, 0) is 6.42 Å². The molecule has 0 amide bonds. The minimum Gasteiger partial charge on any atom is -0.494 e. The van der Waals surface area contributed by atoms with Crippen LogP contribution in [-0.4, -0.2) is 12.6 Å². The molecule has 17 heavy (non-hydrogen) atoms. The zero-order valence-electron chi connectivity index (χ0n) is 10.7. The van der Waals surface area contributed by atoms with E-state index < -0.39 is 0 Å². The topological polar surface area (TPSA) is 35.2 Å². The minimum atomic E-state index is 0.310. The number of nitrogens with two attached hydrogens (primary N) is 1. The van der Waals surface area contributed by atoms with Gasteiger partial charge in [0.2, 0.25) is 0 Å². The fourth-order valence-corrected chi connectivity index (χ4v) is 1.99. The lowest BCUT2D eigenvalue weighted by atomic mass is 10.0. The molecule has 2 N–H and O–H groups in total. The third-order valence-corrected chi connectivity index (χ3v) is 3.10. The van der Waals surface area contributed by atoms with Gasteiger partial charge in [-0.15, -0.1) is 0 Å². The molecule has 96 valence electrons. The molecule has 0 saturated heterocycles. The van der Waals surface area contributed by atoms with Gasteiger partial charge < -0.3 is 10.5 Å². The Hall–Kier alpha value is -0.730. The van der Waals surface area contributed by atoms with Crippen LogP contribution in [0, 0.1) is 0 Å². The predicted octanol–water partition coefficient (Wildman–Crippen LogP) is 3.80. The molecule has 0 saturated carbocycles. The van der Waals surface area contributed by atoms with E-state index in [0.717, 1.165) is 36.5 Å². The molecule has 3 heteroatoms. The Balaban J connectivity index is 2.58. The minimum absolute atomic E-state index is 0.310. The van der Waals surface area contributed by atoms with Gasteiger partial charge in [0.25, 0.3) is 0 Å². The van der Waals surface area contributed by atoms with Gasteiger partial charge in [0.1, 0.15) is 5.75 Å². The Morgan fingerprint density at radius 1 is 1.35 bits per heavy atom. The van der Waals surface area contributed by atoms with Crippen molar-refractivity contribution in [3.05, 3.63) is 28.8 Å². The van der Waals surface area contributed by atoms with E-state index in [0.29, 0.717) is 12.6 Å². The van der Waals surface area contributed by atoms with Crippen molar-refractivity contribution in [1.29, 1.82) is 0 Å². The van der Waals surface area contributed by atoms with E-state index in [2.05, 4.69) is 6.92 Å². The van der Waals surface area contributed by atoms with Crippen LogP contribution in [0.2, 0.25) is 5.02 Å². The smallest absolute Gasteiger partial charge is 0.122 e. The summed E-state index contributed by atoms with van der Waals surface area (Å²) in [5, 5.41) is 0.767. The number of rotatable bonds is 7. The molecule has 0 aliphatic rings. The molecule has 0 aliphatic carbocycles. The van der Waals surface area contributed by atoms with Crippen molar-refractivity contribution in [2.75, 3.05) is 6.61 Å². The molecule has 1 rings (SSSR count). The van der Waals surface area contributed by atoms with Gasteiger partial charge in [0.05, 0.1) is 6.61 Å². The molecule has 0 radical (unpaired) electrons. The van der Waals surface area contributed by atoms with Crippen LogP contribution in [0.5, 0.6) is 5.75 Å². The lowest BCUT2D eigenvalue weighted by Gasteiger charge is -2.12. The summed E-state index contributed by atoms with van der Waals surface area (Å²) >= 11 is 6.01. The fourth-order valence-electron chi connectivity index (χ4n) is 1.80. The Bertz CT molecular complexity index is 341. The molecule has 0 aromatic heterocycles. The second-order valence-corrected chi connectivity index (χ2v) is 4.68. The highest BCUT2D eigenvalue weighted by Crippen LogP contribution is 2.24. The van der Waals surface area contributed by atoms with Gasteiger partial charge in [-0.25, -0.2) is 0 Å². The average molecular weight is 256 g/mol. The average Bonchev–Trinajstić information content (AvgIpc) is 2.32. The van der Waals surface area contributed by atoms with E-state index in [9.17, 15) is 0 Å². The second-order valence-electron chi connectivity index (χ2n) is 4.25. The molecule has 0 fully saturated rings. The maximum absolute atomic E-state index is 6.01. The van der Waals surface area contributed by atoms with Crippen molar-refractivity contribution in [1.82, 2.24) is 0 Å². The molecule has 1 aromatic carbocycles. The molecule has 1 atom stereocenters. The largest absolute Gasteiger partial charge is 0.494 e. The van der Waals surface area contributed by atoms with Crippen LogP contribution in [0.25, 0.3) is 0 Å². The SMILES string of the molecule is CCOc1ccc(Cl)cc1CCCC(N)CC. The molecule has 0 aliphatic heterocycles. The van der Waals surface area contributed by atoms with E-state index in [4.69, 9.17) is 22.1 Å². The molecule has 1 aromatic rings. The summed E-state index contributed by atoms with van der Waals surface area (Å²) in [7, 11) is 0. The van der Waals surface area contributed by atoms with Gasteiger partial charge in [-0.3, -0.25) is 0 Å². The van der Waals surface area contributed by atoms with Crippen molar-refractivity contribution < 1.29 is 4.74 Å². The zero-order valence-corrected chi connectivity index (χ0v) is 11.5. The highest BCUT2D eigenvalue weighted by Gasteiger charge is 2.06. The quantitative estimate of drug-likeness (QED) is 0.804. The van der Waals surface area contributed by atoms with Crippen molar-refractivity contribution in [2.45, 2.75) is 45.6 Å². The Kier molecular flexibility index (Phi) is 6.38. The fraction of sp³-hybridized carbons (Fsp3) is 0.571. The first-order valence-electron chi connectivity index (χ1n) is 6.34. The Morgan fingerprint density at radius 3 is 2.76 bits per heavy atom. The van der Waals surface area contributed by atoms with Crippen molar-refractivity contribution >= 4 is 11.6 Å². The summed E-state index contributed by atoms with van der Waals surface area (Å²) in [6, 6.07) is 6.11. The number of halogens is 1. The van der Waals surface area contributed by atoms with E-state index in [1.54, 1.807) is 0 Å². The second kappa shape index (κ2) is 7.57. The van der Waals surface area contributed by atoms with Gasteiger partial charge in [-0.2, -0.15) is 0 Å². The van der Waals surface area contributed by atoms with Gasteiger partial charge >= 0.3 is 0 Å². The third kappa shape index (κ3) is 4.97. The number of hydrogen-bond acceptors (Lipinski definition) is 2. The van der Waals surface area contributed by atoms with Gasteiger partial charge in [0.15, 0.2) is 0 Å². The van der Waals surface area contributed by atoms with E-state index in [1.807, 2.05) is 25.1 Å². The van der Waals surface area contributed by atoms with Crippen LogP contribution >= 0.6 is 11.6 Å². The Morgan fingerprint density at radius 2 is 2.12 bits per heavy atom. The number of benzene rings is 1. The first-order valence-corrected chi connectivity index (χ1v) is 6.72. The van der Waals surface area contributed by atoms with E-state index >= 15 is 0 Å².